The van der Waals surface area contributed by atoms with Crippen molar-refractivity contribution in [3.05, 3.63) is 0 Å². The molecule has 0 aromatic rings. The summed E-state index contributed by atoms with van der Waals surface area (Å²) in [7, 11) is -2.63. The van der Waals surface area contributed by atoms with Crippen LogP contribution in [0.5, 0.6) is 0 Å². The van der Waals surface area contributed by atoms with Crippen molar-refractivity contribution in [3.63, 3.8) is 0 Å². The van der Waals surface area contributed by atoms with Crippen molar-refractivity contribution in [2.75, 3.05) is 19.1 Å². The van der Waals surface area contributed by atoms with Gasteiger partial charge in [0.05, 0.1) is 0 Å². The van der Waals surface area contributed by atoms with Crippen molar-refractivity contribution >= 4 is 18.2 Å². The summed E-state index contributed by atoms with van der Waals surface area (Å²) in [6.45, 7) is 4.19. The van der Waals surface area contributed by atoms with Gasteiger partial charge in [-0.05, 0) is 25.6 Å². The summed E-state index contributed by atoms with van der Waals surface area (Å²) in [5, 5.41) is 0. The highest BCUT2D eigenvalue weighted by molar-refractivity contribution is 7.90. The molecule has 0 amide bonds. The van der Waals surface area contributed by atoms with Gasteiger partial charge in [-0.3, -0.25) is 0 Å². The molecule has 0 unspecified atom stereocenters. The molecule has 0 fully saturated rings. The van der Waals surface area contributed by atoms with E-state index in [2.05, 4.69) is 13.1 Å². The highest BCUT2D eigenvalue weighted by Crippen LogP contribution is 2.12. The third kappa shape index (κ3) is 6.81. The Morgan fingerprint density at radius 2 is 1.83 bits per heavy atom. The third-order valence-electron chi connectivity index (χ3n) is 1.85. The van der Waals surface area contributed by atoms with Crippen LogP contribution in [0.3, 0.4) is 0 Å². The molecule has 0 aromatic carbocycles. The lowest BCUT2D eigenvalue weighted by Crippen LogP contribution is -2.28. The molecule has 0 bridgehead atoms. The lowest BCUT2D eigenvalue weighted by molar-refractivity contribution is 0.403. The van der Waals surface area contributed by atoms with E-state index in [-0.39, 0.29) is 5.75 Å². The van der Waals surface area contributed by atoms with Crippen LogP contribution in [-0.4, -0.2) is 35.9 Å². The van der Waals surface area contributed by atoms with Gasteiger partial charge in [-0.1, -0.05) is 0 Å². The number of rotatable bonds is 5. The van der Waals surface area contributed by atoms with Crippen LogP contribution in [0.1, 0.15) is 6.42 Å². The molecule has 0 aliphatic heterocycles. The quantitative estimate of drug-likeness (QED) is 0.642. The molecular formula is C7H18O3SSi. The van der Waals surface area contributed by atoms with Gasteiger partial charge in [0.2, 0.25) is 0 Å². The molecule has 0 rings (SSSR count). The van der Waals surface area contributed by atoms with Crippen molar-refractivity contribution in [2.45, 2.75) is 25.6 Å². The van der Waals surface area contributed by atoms with Crippen molar-refractivity contribution in [1.29, 1.82) is 0 Å². The Morgan fingerprint density at radius 3 is 2.17 bits per heavy atom. The molecule has 74 valence electrons. The molecule has 0 atom stereocenters. The summed E-state index contributed by atoms with van der Waals surface area (Å²) in [6, 6.07) is 0.913. The third-order valence-corrected chi connectivity index (χ3v) is 5.54. The van der Waals surface area contributed by atoms with Gasteiger partial charge in [0.15, 0.2) is 8.32 Å². The van der Waals surface area contributed by atoms with Crippen molar-refractivity contribution in [3.8, 4) is 0 Å². The van der Waals surface area contributed by atoms with E-state index >= 15 is 0 Å². The Bertz CT molecular complexity index is 221. The second-order valence-corrected chi connectivity index (χ2v) is 10.4. The SMILES string of the molecule is CO[Si](C)(C)CCCS(C)(=O)=O. The molecule has 0 heterocycles. The van der Waals surface area contributed by atoms with E-state index in [1.165, 1.54) is 6.26 Å². The van der Waals surface area contributed by atoms with Gasteiger partial charge in [-0.2, -0.15) is 0 Å². The first kappa shape index (κ1) is 12.1. The van der Waals surface area contributed by atoms with Crippen molar-refractivity contribution < 1.29 is 12.8 Å². The van der Waals surface area contributed by atoms with Gasteiger partial charge < -0.3 is 4.43 Å². The zero-order valence-corrected chi connectivity index (χ0v) is 10.1. The van der Waals surface area contributed by atoms with Crippen molar-refractivity contribution in [1.82, 2.24) is 0 Å². The number of hydrogen-bond acceptors (Lipinski definition) is 3. The van der Waals surface area contributed by atoms with E-state index < -0.39 is 18.2 Å². The van der Waals surface area contributed by atoms with E-state index in [0.717, 1.165) is 12.5 Å². The Kier molecular flexibility index (Phi) is 4.43. The van der Waals surface area contributed by atoms with Crippen LogP contribution >= 0.6 is 0 Å². The van der Waals surface area contributed by atoms with Crippen molar-refractivity contribution in [2.24, 2.45) is 0 Å². The van der Waals surface area contributed by atoms with E-state index in [0.29, 0.717) is 0 Å². The van der Waals surface area contributed by atoms with Crippen LogP contribution in [0, 0.1) is 0 Å². The second-order valence-electron chi connectivity index (χ2n) is 3.70. The fourth-order valence-corrected chi connectivity index (χ4v) is 3.02. The predicted molar refractivity (Wildman–Crippen MR) is 53.6 cm³/mol. The highest BCUT2D eigenvalue weighted by Gasteiger charge is 2.20. The average molecular weight is 210 g/mol. The largest absolute Gasteiger partial charge is 0.420 e. The second kappa shape index (κ2) is 4.39. The van der Waals surface area contributed by atoms with Gasteiger partial charge in [-0.25, -0.2) is 8.42 Å². The lowest BCUT2D eigenvalue weighted by Gasteiger charge is -2.18. The van der Waals surface area contributed by atoms with Crippen LogP contribution in [0.25, 0.3) is 0 Å². The molecule has 3 nitrogen and oxygen atoms in total. The normalized spacial score (nSPS) is 13.3. The maximum absolute atomic E-state index is 10.8. The Morgan fingerprint density at radius 1 is 1.33 bits per heavy atom. The topological polar surface area (TPSA) is 43.4 Å². The van der Waals surface area contributed by atoms with E-state index in [1.807, 2.05) is 0 Å². The fraction of sp³-hybridized carbons (Fsp3) is 1.00. The van der Waals surface area contributed by atoms with Crippen LogP contribution in [0.15, 0.2) is 0 Å². The van der Waals surface area contributed by atoms with E-state index in [1.54, 1.807) is 7.11 Å². The molecule has 12 heavy (non-hydrogen) atoms. The van der Waals surface area contributed by atoms with Crippen LogP contribution in [0.2, 0.25) is 19.1 Å². The number of sulfone groups is 1. The maximum Gasteiger partial charge on any atom is 0.186 e. The Labute approximate surface area is 76.2 Å². The van der Waals surface area contributed by atoms with Crippen LogP contribution in [-0.2, 0) is 14.3 Å². The van der Waals surface area contributed by atoms with E-state index in [4.69, 9.17) is 4.43 Å². The van der Waals surface area contributed by atoms with Gasteiger partial charge in [0.25, 0.3) is 0 Å². The van der Waals surface area contributed by atoms with Gasteiger partial charge in [-0.15, -0.1) is 0 Å². The first-order chi connectivity index (χ1) is 5.27. The van der Waals surface area contributed by atoms with Gasteiger partial charge in [0, 0.05) is 19.1 Å². The predicted octanol–water partition coefficient (Wildman–Crippen LogP) is 1.27. The van der Waals surface area contributed by atoms with Crippen LogP contribution in [0.4, 0.5) is 0 Å². The summed E-state index contributed by atoms with van der Waals surface area (Å²) < 4.78 is 26.9. The average Bonchev–Trinajstić information content (AvgIpc) is 1.84. The molecule has 0 aromatic heterocycles. The zero-order valence-electron chi connectivity index (χ0n) is 8.25. The molecule has 0 aliphatic carbocycles. The minimum Gasteiger partial charge on any atom is -0.420 e. The smallest absolute Gasteiger partial charge is 0.186 e. The summed E-state index contributed by atoms with van der Waals surface area (Å²) in [5.41, 5.74) is 0. The van der Waals surface area contributed by atoms with Gasteiger partial charge >= 0.3 is 0 Å². The van der Waals surface area contributed by atoms with Gasteiger partial charge in [0.1, 0.15) is 9.84 Å². The maximum atomic E-state index is 10.8. The highest BCUT2D eigenvalue weighted by atomic mass is 32.2. The Hall–Kier alpha value is 0.127. The summed E-state index contributed by atoms with van der Waals surface area (Å²) >= 11 is 0. The van der Waals surface area contributed by atoms with E-state index in [9.17, 15) is 8.42 Å². The fourth-order valence-electron chi connectivity index (χ4n) is 0.862. The zero-order chi connectivity index (χ0) is 9.83. The molecule has 0 saturated carbocycles. The first-order valence-electron chi connectivity index (χ1n) is 4.00. The summed E-state index contributed by atoms with van der Waals surface area (Å²) in [5.74, 6) is 0.285. The first-order valence-corrected chi connectivity index (χ1v) is 9.17. The van der Waals surface area contributed by atoms with Crippen LogP contribution < -0.4 is 0 Å². The molecule has 0 N–H and O–H groups in total. The molecule has 0 aliphatic rings. The molecule has 0 spiro atoms. The lowest BCUT2D eigenvalue weighted by atomic mass is 10.6. The molecular weight excluding hydrogens is 192 g/mol. The summed E-state index contributed by atoms with van der Waals surface area (Å²) in [6.07, 6.45) is 2.00. The molecule has 5 heteroatoms. The molecule has 0 radical (unpaired) electrons. The minimum atomic E-state index is -2.79. The number of hydrogen-bond donors (Lipinski definition) is 0. The Balaban J connectivity index is 3.72. The standard InChI is InChI=1S/C7H18O3SSi/c1-10-12(3,4)7-5-6-11(2,8)9/h5-7H2,1-4H3. The monoisotopic (exact) mass is 210 g/mol. The minimum absolute atomic E-state index is 0.285. The molecule has 0 saturated heterocycles. The summed E-state index contributed by atoms with van der Waals surface area (Å²) in [4.78, 5) is 0.